The summed E-state index contributed by atoms with van der Waals surface area (Å²) in [6, 6.07) is 0.496. The van der Waals surface area contributed by atoms with Crippen molar-refractivity contribution in [1.29, 1.82) is 0 Å². The number of thiol groups is 1. The monoisotopic (exact) mass is 175 g/mol. The molecule has 0 saturated heterocycles. The van der Waals surface area contributed by atoms with Crippen LogP contribution in [0.15, 0.2) is 0 Å². The average Bonchev–Trinajstić information content (AvgIpc) is 1.88. The summed E-state index contributed by atoms with van der Waals surface area (Å²) in [5.74, 6) is 0. The number of hydrogen-bond donors (Lipinski definition) is 2. The van der Waals surface area contributed by atoms with Crippen LogP contribution in [-0.4, -0.2) is 18.3 Å². The van der Waals surface area contributed by atoms with E-state index in [0.29, 0.717) is 16.7 Å². The van der Waals surface area contributed by atoms with Crippen LogP contribution in [0, 0.1) is 5.41 Å². The Labute approximate surface area is 76.4 Å². The van der Waals surface area contributed by atoms with Crippen LogP contribution in [-0.2, 0) is 0 Å². The quantitative estimate of drug-likeness (QED) is 0.625. The zero-order valence-electron chi connectivity index (χ0n) is 8.31. The highest BCUT2D eigenvalue weighted by Crippen LogP contribution is 2.28. The molecule has 0 rings (SSSR count). The van der Waals surface area contributed by atoms with E-state index in [-0.39, 0.29) is 0 Å². The Hall–Kier alpha value is 0.310. The highest BCUT2D eigenvalue weighted by atomic mass is 32.1. The second-order valence-corrected chi connectivity index (χ2v) is 4.66. The van der Waals surface area contributed by atoms with Gasteiger partial charge in [0.15, 0.2) is 0 Å². The van der Waals surface area contributed by atoms with Crippen molar-refractivity contribution in [2.24, 2.45) is 5.41 Å². The Kier molecular flexibility index (Phi) is 4.49. The summed E-state index contributed by atoms with van der Waals surface area (Å²) in [5.41, 5.74) is 0.343. The van der Waals surface area contributed by atoms with Gasteiger partial charge >= 0.3 is 0 Å². The molecule has 11 heavy (non-hydrogen) atoms. The standard InChI is InChI=1S/C9H21NS/c1-6-9(3,4)8(10-5)7(2)11/h7-8,10-11H,6H2,1-5H3. The summed E-state index contributed by atoms with van der Waals surface area (Å²) in [5, 5.41) is 3.73. The molecule has 68 valence electrons. The molecule has 0 saturated carbocycles. The molecular weight excluding hydrogens is 154 g/mol. The topological polar surface area (TPSA) is 12.0 Å². The molecule has 0 aliphatic heterocycles. The minimum absolute atomic E-state index is 0.343. The molecule has 2 heteroatoms. The lowest BCUT2D eigenvalue weighted by atomic mass is 9.80. The molecule has 0 radical (unpaired) electrons. The Morgan fingerprint density at radius 1 is 1.45 bits per heavy atom. The molecule has 2 atom stereocenters. The van der Waals surface area contributed by atoms with E-state index >= 15 is 0 Å². The smallest absolute Gasteiger partial charge is 0.0229 e. The van der Waals surface area contributed by atoms with Crippen LogP contribution in [0.4, 0.5) is 0 Å². The minimum Gasteiger partial charge on any atom is -0.315 e. The van der Waals surface area contributed by atoms with E-state index in [9.17, 15) is 0 Å². The first kappa shape index (κ1) is 11.3. The van der Waals surface area contributed by atoms with Crippen LogP contribution in [0.3, 0.4) is 0 Å². The molecule has 1 nitrogen and oxygen atoms in total. The van der Waals surface area contributed by atoms with Gasteiger partial charge in [-0.1, -0.05) is 27.7 Å². The lowest BCUT2D eigenvalue weighted by Crippen LogP contribution is -2.45. The maximum Gasteiger partial charge on any atom is 0.0229 e. The Morgan fingerprint density at radius 2 is 1.91 bits per heavy atom. The summed E-state index contributed by atoms with van der Waals surface area (Å²) in [7, 11) is 2.01. The van der Waals surface area contributed by atoms with Gasteiger partial charge in [-0.05, 0) is 18.9 Å². The summed E-state index contributed by atoms with van der Waals surface area (Å²) in [6.45, 7) is 8.92. The van der Waals surface area contributed by atoms with Crippen molar-refractivity contribution in [2.75, 3.05) is 7.05 Å². The second kappa shape index (κ2) is 4.36. The van der Waals surface area contributed by atoms with Crippen LogP contribution >= 0.6 is 12.6 Å². The molecule has 0 fully saturated rings. The lowest BCUT2D eigenvalue weighted by Gasteiger charge is -2.35. The van der Waals surface area contributed by atoms with Crippen LogP contribution in [0.1, 0.15) is 34.1 Å². The molecule has 1 N–H and O–H groups in total. The third kappa shape index (κ3) is 3.04. The SMILES string of the molecule is CCC(C)(C)C(NC)C(C)S. The first-order valence-corrected chi connectivity index (χ1v) is 4.82. The van der Waals surface area contributed by atoms with Gasteiger partial charge in [0, 0.05) is 11.3 Å². The van der Waals surface area contributed by atoms with Gasteiger partial charge < -0.3 is 5.32 Å². The maximum absolute atomic E-state index is 4.46. The van der Waals surface area contributed by atoms with E-state index in [0.717, 1.165) is 0 Å². The predicted octanol–water partition coefficient (Wildman–Crippen LogP) is 2.33. The van der Waals surface area contributed by atoms with Gasteiger partial charge in [-0.15, -0.1) is 0 Å². The molecule has 0 spiro atoms. The van der Waals surface area contributed by atoms with Gasteiger partial charge in [0.2, 0.25) is 0 Å². The van der Waals surface area contributed by atoms with E-state index in [4.69, 9.17) is 0 Å². The van der Waals surface area contributed by atoms with Crippen molar-refractivity contribution in [3.63, 3.8) is 0 Å². The maximum atomic E-state index is 4.46. The molecule has 0 aliphatic rings. The number of rotatable bonds is 4. The summed E-state index contributed by atoms with van der Waals surface area (Å²) < 4.78 is 0. The van der Waals surface area contributed by atoms with Crippen LogP contribution < -0.4 is 5.32 Å². The van der Waals surface area contributed by atoms with Gasteiger partial charge in [-0.2, -0.15) is 12.6 Å². The molecule has 0 bridgehead atoms. The van der Waals surface area contributed by atoms with Gasteiger partial charge in [-0.3, -0.25) is 0 Å². The first-order chi connectivity index (χ1) is 4.95. The zero-order chi connectivity index (χ0) is 9.07. The summed E-state index contributed by atoms with van der Waals surface area (Å²) >= 11 is 4.46. The highest BCUT2D eigenvalue weighted by Gasteiger charge is 2.28. The van der Waals surface area contributed by atoms with Crippen molar-refractivity contribution in [1.82, 2.24) is 5.32 Å². The normalized spacial score (nSPS) is 18.0. The molecule has 0 aromatic heterocycles. The van der Waals surface area contributed by atoms with E-state index < -0.39 is 0 Å². The molecule has 0 amide bonds. The first-order valence-electron chi connectivity index (χ1n) is 4.31. The van der Waals surface area contributed by atoms with Crippen molar-refractivity contribution < 1.29 is 0 Å². The van der Waals surface area contributed by atoms with Crippen molar-refractivity contribution in [3.8, 4) is 0 Å². The molecule has 0 aromatic carbocycles. The van der Waals surface area contributed by atoms with Gasteiger partial charge in [0.25, 0.3) is 0 Å². The third-order valence-corrected chi connectivity index (χ3v) is 2.84. The van der Waals surface area contributed by atoms with Crippen molar-refractivity contribution >= 4 is 12.6 Å². The Bertz CT molecular complexity index is 110. The molecule has 0 aliphatic carbocycles. The van der Waals surface area contributed by atoms with Crippen molar-refractivity contribution in [3.05, 3.63) is 0 Å². The third-order valence-electron chi connectivity index (χ3n) is 2.55. The van der Waals surface area contributed by atoms with E-state index in [1.54, 1.807) is 0 Å². The van der Waals surface area contributed by atoms with Crippen molar-refractivity contribution in [2.45, 2.75) is 45.4 Å². The molecule has 0 aromatic rings. The number of hydrogen-bond acceptors (Lipinski definition) is 2. The predicted molar refractivity (Wildman–Crippen MR) is 55.4 cm³/mol. The Morgan fingerprint density at radius 3 is 2.00 bits per heavy atom. The van der Waals surface area contributed by atoms with Crippen LogP contribution in [0.25, 0.3) is 0 Å². The van der Waals surface area contributed by atoms with Crippen LogP contribution in [0.2, 0.25) is 0 Å². The fourth-order valence-electron chi connectivity index (χ4n) is 1.50. The molecule has 0 heterocycles. The van der Waals surface area contributed by atoms with E-state index in [2.05, 4.69) is 45.6 Å². The summed E-state index contributed by atoms with van der Waals surface area (Å²) in [4.78, 5) is 0. The summed E-state index contributed by atoms with van der Waals surface area (Å²) in [6.07, 6.45) is 1.18. The lowest BCUT2D eigenvalue weighted by molar-refractivity contribution is 0.242. The zero-order valence-corrected chi connectivity index (χ0v) is 9.20. The molecule has 2 unspecified atom stereocenters. The van der Waals surface area contributed by atoms with Crippen LogP contribution in [0.5, 0.6) is 0 Å². The van der Waals surface area contributed by atoms with E-state index in [1.807, 2.05) is 7.05 Å². The minimum atomic E-state index is 0.343. The van der Waals surface area contributed by atoms with Gasteiger partial charge in [0.05, 0.1) is 0 Å². The van der Waals surface area contributed by atoms with Gasteiger partial charge in [0.1, 0.15) is 0 Å². The second-order valence-electron chi connectivity index (χ2n) is 3.85. The fourth-order valence-corrected chi connectivity index (χ4v) is 2.06. The van der Waals surface area contributed by atoms with Gasteiger partial charge in [-0.25, -0.2) is 0 Å². The highest BCUT2D eigenvalue weighted by molar-refractivity contribution is 7.81. The van der Waals surface area contributed by atoms with E-state index in [1.165, 1.54) is 6.42 Å². The Balaban J connectivity index is 4.23. The molecular formula is C9H21NS. The average molecular weight is 175 g/mol. The largest absolute Gasteiger partial charge is 0.315 e. The number of nitrogens with one attached hydrogen (secondary N) is 1. The fraction of sp³-hybridized carbons (Fsp3) is 1.00.